The van der Waals surface area contributed by atoms with Crippen LogP contribution in [0.15, 0.2) is 158 Å². The summed E-state index contributed by atoms with van der Waals surface area (Å²) in [5, 5.41) is 0. The Morgan fingerprint density at radius 3 is 1.82 bits per heavy atom. The van der Waals surface area contributed by atoms with E-state index in [0.717, 1.165) is 62.1 Å². The molecule has 0 spiro atoms. The van der Waals surface area contributed by atoms with Gasteiger partial charge in [0.05, 0.1) is 0 Å². The number of fused-ring (bicyclic) bond motifs is 2. The first-order valence-corrected chi connectivity index (χ1v) is 22.5. The van der Waals surface area contributed by atoms with Crippen molar-refractivity contribution in [1.82, 2.24) is 14.1 Å². The van der Waals surface area contributed by atoms with Gasteiger partial charge in [0.2, 0.25) is 0 Å². The third kappa shape index (κ3) is 7.74. The van der Waals surface area contributed by atoms with E-state index in [1.807, 2.05) is 6.20 Å². The maximum atomic E-state index is 7.00. The number of ether oxygens (including phenoxy) is 1. The Hall–Kier alpha value is -5.77. The van der Waals surface area contributed by atoms with Crippen LogP contribution in [-0.4, -0.2) is 19.7 Å². The van der Waals surface area contributed by atoms with Crippen LogP contribution in [0, 0.1) is 3.80 Å². The van der Waals surface area contributed by atoms with E-state index >= 15 is 0 Å². The van der Waals surface area contributed by atoms with Crippen molar-refractivity contribution in [3.63, 3.8) is 0 Å². The SMILES string of the molecule is CC(C)(C)c1cc(Oc2ccc3c(c2)N(c2cc(C(C)(C)C)ccn2)C(C)(C)CC3)cc(-n2[c](=[Pt])n(-c3c(-c4ccccc4)cccc3-c3ccccc3)c3ccccc32)c1. The van der Waals surface area contributed by atoms with Crippen LogP contribution in [0.2, 0.25) is 0 Å². The topological polar surface area (TPSA) is 35.2 Å². The van der Waals surface area contributed by atoms with Gasteiger partial charge < -0.3 is 0 Å². The molecule has 0 saturated heterocycles. The van der Waals surface area contributed by atoms with Crippen molar-refractivity contribution in [2.24, 2.45) is 0 Å². The second kappa shape index (κ2) is 15.6. The third-order valence-electron chi connectivity index (χ3n) is 12.1. The average molecular weight is 982 g/mol. The molecular weight excluding hydrogens is 928 g/mol. The van der Waals surface area contributed by atoms with Gasteiger partial charge in [-0.2, -0.15) is 0 Å². The van der Waals surface area contributed by atoms with E-state index in [2.05, 4.69) is 240 Å². The van der Waals surface area contributed by atoms with Gasteiger partial charge in [0, 0.05) is 6.20 Å². The van der Waals surface area contributed by atoms with Crippen LogP contribution >= 0.6 is 0 Å². The quantitative estimate of drug-likeness (QED) is 0.160. The molecule has 3 heterocycles. The fraction of sp³-hybridized carbons (Fsp3) is 0.236. The molecule has 1 aliphatic heterocycles. The summed E-state index contributed by atoms with van der Waals surface area (Å²) >= 11 is 2.53. The molecule has 5 nitrogen and oxygen atoms in total. The van der Waals surface area contributed by atoms with Gasteiger partial charge in [-0.05, 0) is 17.0 Å². The second-order valence-electron chi connectivity index (χ2n) is 19.0. The molecule has 0 fully saturated rings. The summed E-state index contributed by atoms with van der Waals surface area (Å²) in [4.78, 5) is 7.38. The van der Waals surface area contributed by atoms with Gasteiger partial charge >= 0.3 is 330 Å². The Labute approximate surface area is 371 Å². The van der Waals surface area contributed by atoms with Gasteiger partial charge in [-0.1, -0.05) is 20.8 Å². The van der Waals surface area contributed by atoms with Gasteiger partial charge in [-0.15, -0.1) is 0 Å². The van der Waals surface area contributed by atoms with Crippen LogP contribution in [0.3, 0.4) is 0 Å². The molecule has 9 rings (SSSR count). The predicted molar refractivity (Wildman–Crippen MR) is 249 cm³/mol. The average Bonchev–Trinajstić information content (AvgIpc) is 3.54. The Kier molecular flexibility index (Phi) is 10.4. The number of anilines is 2. The molecule has 2 aromatic heterocycles. The van der Waals surface area contributed by atoms with Gasteiger partial charge in [-0.3, -0.25) is 0 Å². The molecular formula is C55H54N4OPt. The van der Waals surface area contributed by atoms with Crippen LogP contribution in [0.4, 0.5) is 11.5 Å². The molecule has 8 aromatic rings. The number of nitrogens with zero attached hydrogens (tertiary/aromatic N) is 4. The molecule has 0 atom stereocenters. The summed E-state index contributed by atoms with van der Waals surface area (Å²) in [6.45, 7) is 18.2. The molecule has 0 aliphatic carbocycles. The van der Waals surface area contributed by atoms with Crippen LogP contribution in [0.1, 0.15) is 78.5 Å². The second-order valence-corrected chi connectivity index (χ2v) is 20.0. The predicted octanol–water partition coefficient (Wildman–Crippen LogP) is 14.5. The van der Waals surface area contributed by atoms with E-state index in [4.69, 9.17) is 9.72 Å². The summed E-state index contributed by atoms with van der Waals surface area (Å²) in [6, 6.07) is 54.6. The van der Waals surface area contributed by atoms with E-state index in [0.29, 0.717) is 0 Å². The Bertz CT molecular complexity index is 2910. The van der Waals surface area contributed by atoms with E-state index < -0.39 is 0 Å². The molecule has 310 valence electrons. The molecule has 0 unspecified atom stereocenters. The van der Waals surface area contributed by atoms with Crippen LogP contribution < -0.4 is 9.64 Å². The van der Waals surface area contributed by atoms with E-state index in [9.17, 15) is 0 Å². The van der Waals surface area contributed by atoms with E-state index in [-0.39, 0.29) is 16.4 Å². The van der Waals surface area contributed by atoms with Crippen molar-refractivity contribution in [3.05, 3.63) is 178 Å². The zero-order valence-electron chi connectivity index (χ0n) is 36.4. The minimum atomic E-state index is -0.139. The fourth-order valence-electron chi connectivity index (χ4n) is 8.74. The molecule has 0 radical (unpaired) electrons. The van der Waals surface area contributed by atoms with Crippen molar-refractivity contribution >= 4 is 22.5 Å². The summed E-state index contributed by atoms with van der Waals surface area (Å²) in [7, 11) is 0. The Morgan fingerprint density at radius 1 is 0.590 bits per heavy atom. The summed E-state index contributed by atoms with van der Waals surface area (Å²) in [5.41, 5.74) is 13.8. The van der Waals surface area contributed by atoms with E-state index in [1.54, 1.807) is 0 Å². The number of hydrogen-bond donors (Lipinski definition) is 0. The molecule has 0 bridgehead atoms. The first-order valence-electron chi connectivity index (χ1n) is 21.3. The van der Waals surface area contributed by atoms with Crippen LogP contribution in [-0.2, 0) is 36.6 Å². The molecule has 0 N–H and O–H groups in total. The normalized spacial score (nSPS) is 14.0. The molecule has 1 aliphatic rings. The van der Waals surface area contributed by atoms with Crippen molar-refractivity contribution in [3.8, 4) is 45.1 Å². The number of aryl methyl sites for hydroxylation is 1. The van der Waals surface area contributed by atoms with Gasteiger partial charge in [0.1, 0.15) is 0 Å². The molecule has 61 heavy (non-hydrogen) atoms. The summed E-state index contributed by atoms with van der Waals surface area (Å²) in [6.07, 6.45) is 3.99. The maximum absolute atomic E-state index is 7.00. The first-order chi connectivity index (χ1) is 29.2. The number of rotatable bonds is 7. The van der Waals surface area contributed by atoms with Crippen LogP contribution in [0.5, 0.6) is 11.5 Å². The first kappa shape index (κ1) is 40.6. The number of hydrogen-bond acceptors (Lipinski definition) is 3. The number of imidazole rings is 1. The number of pyridine rings is 1. The van der Waals surface area contributed by atoms with Gasteiger partial charge in [-0.25, -0.2) is 0 Å². The van der Waals surface area contributed by atoms with Crippen molar-refractivity contribution < 1.29 is 24.1 Å². The Balaban J connectivity index is 1.21. The molecule has 0 saturated carbocycles. The van der Waals surface area contributed by atoms with Crippen molar-refractivity contribution in [2.75, 3.05) is 4.90 Å². The summed E-state index contributed by atoms with van der Waals surface area (Å²) in [5.74, 6) is 2.57. The van der Waals surface area contributed by atoms with E-state index in [1.165, 1.54) is 38.9 Å². The molecule has 6 heteroatoms. The van der Waals surface area contributed by atoms with Crippen LogP contribution in [0.25, 0.3) is 44.7 Å². The summed E-state index contributed by atoms with van der Waals surface area (Å²) < 4.78 is 12.9. The third-order valence-corrected chi connectivity index (χ3v) is 13.2. The zero-order chi connectivity index (χ0) is 42.7. The van der Waals surface area contributed by atoms with Crippen molar-refractivity contribution in [2.45, 2.75) is 84.6 Å². The van der Waals surface area contributed by atoms with Gasteiger partial charge in [0.15, 0.2) is 0 Å². The van der Waals surface area contributed by atoms with Gasteiger partial charge in [0.25, 0.3) is 0 Å². The number of aromatic nitrogens is 3. The fourth-order valence-corrected chi connectivity index (χ4v) is 9.84. The molecule has 0 amide bonds. The van der Waals surface area contributed by atoms with Crippen molar-refractivity contribution in [1.29, 1.82) is 0 Å². The number of para-hydroxylation sites is 3. The minimum absolute atomic E-state index is 0.0127. The standard InChI is InChI=1S/C55H54N4O.Pt/c1-53(2,3)41-29-31-56-51(34-41)59-50-36-44(27-26-40(50)28-30-55(59,7)8)60-45-33-42(54(4,5)6)32-43(35-45)57-37-58(49-25-16-15-24-48(49)57)52-46(38-18-11-9-12-19-38)22-17-23-47(52)39-20-13-10-14-21-39;/h9-27,29,31-36H,28,30H2,1-8H3;. The number of benzene rings is 6. The monoisotopic (exact) mass is 981 g/mol. The Morgan fingerprint density at radius 2 is 1.20 bits per heavy atom. The zero-order valence-corrected chi connectivity index (χ0v) is 38.7. The molecule has 6 aromatic carbocycles.